The van der Waals surface area contributed by atoms with Crippen LogP contribution in [0.5, 0.6) is 0 Å². The van der Waals surface area contributed by atoms with Crippen molar-refractivity contribution in [2.75, 3.05) is 24.5 Å². The van der Waals surface area contributed by atoms with Crippen LogP contribution in [0.4, 0.5) is 5.69 Å². The minimum Gasteiger partial charge on any atom is -0.356 e. The van der Waals surface area contributed by atoms with E-state index in [1.165, 1.54) is 22.5 Å². The minimum absolute atomic E-state index is 0. The molecule has 0 amide bonds. The van der Waals surface area contributed by atoms with Crippen molar-refractivity contribution >= 4 is 35.6 Å². The lowest BCUT2D eigenvalue weighted by atomic mass is 10.1. The second-order valence-electron chi connectivity index (χ2n) is 6.29. The Labute approximate surface area is 167 Å². The normalized spacial score (nSPS) is 13.6. The average molecular weight is 453 g/mol. The third-order valence-corrected chi connectivity index (χ3v) is 4.76. The van der Waals surface area contributed by atoms with E-state index >= 15 is 0 Å². The predicted octanol–water partition coefficient (Wildman–Crippen LogP) is 3.23. The van der Waals surface area contributed by atoms with Gasteiger partial charge in [-0.25, -0.2) is 0 Å². The van der Waals surface area contributed by atoms with E-state index in [1.807, 2.05) is 11.7 Å². The molecule has 0 spiro atoms. The highest BCUT2D eigenvalue weighted by atomic mass is 127. The van der Waals surface area contributed by atoms with Gasteiger partial charge in [-0.05, 0) is 50.8 Å². The number of anilines is 1. The Bertz CT molecular complexity index is 750. The second-order valence-corrected chi connectivity index (χ2v) is 6.29. The first-order valence-corrected chi connectivity index (χ1v) is 8.74. The molecule has 136 valence electrons. The first kappa shape index (κ1) is 19.8. The van der Waals surface area contributed by atoms with E-state index in [4.69, 9.17) is 4.99 Å². The number of aliphatic imine (C=N–C) groups is 1. The van der Waals surface area contributed by atoms with E-state index < -0.39 is 0 Å². The van der Waals surface area contributed by atoms with E-state index in [2.05, 4.69) is 60.4 Å². The summed E-state index contributed by atoms with van der Waals surface area (Å²) >= 11 is 0. The van der Waals surface area contributed by atoms with Crippen LogP contribution in [-0.2, 0) is 19.9 Å². The molecule has 0 radical (unpaired) electrons. The molecule has 5 nitrogen and oxygen atoms in total. The average Bonchev–Trinajstić information content (AvgIpc) is 3.10. The first-order chi connectivity index (χ1) is 11.6. The smallest absolute Gasteiger partial charge is 0.198 e. The largest absolute Gasteiger partial charge is 0.356 e. The highest BCUT2D eigenvalue weighted by molar-refractivity contribution is 14.0. The summed E-state index contributed by atoms with van der Waals surface area (Å²) in [7, 11) is 2.00. The molecular weight excluding hydrogens is 425 g/mol. The van der Waals surface area contributed by atoms with Crippen LogP contribution in [0.1, 0.15) is 29.4 Å². The molecule has 1 aromatic heterocycles. The van der Waals surface area contributed by atoms with Crippen molar-refractivity contribution in [3.8, 4) is 0 Å². The molecule has 0 saturated carbocycles. The van der Waals surface area contributed by atoms with Gasteiger partial charge in [-0.1, -0.05) is 18.2 Å². The van der Waals surface area contributed by atoms with Crippen molar-refractivity contribution in [1.29, 1.82) is 0 Å². The predicted molar refractivity (Wildman–Crippen MR) is 115 cm³/mol. The van der Waals surface area contributed by atoms with Gasteiger partial charge in [-0.2, -0.15) is 5.10 Å². The SMILES string of the molecule is CCNC(=NCCc1c(C)nn(C)c1C)N1CCc2ccccc21.I. The van der Waals surface area contributed by atoms with E-state index in [-0.39, 0.29) is 24.0 Å². The molecule has 6 heteroatoms. The highest BCUT2D eigenvalue weighted by Gasteiger charge is 2.22. The van der Waals surface area contributed by atoms with Crippen LogP contribution in [0.25, 0.3) is 0 Å². The summed E-state index contributed by atoms with van der Waals surface area (Å²) < 4.78 is 1.95. The van der Waals surface area contributed by atoms with Crippen LogP contribution in [0.15, 0.2) is 29.3 Å². The Balaban J connectivity index is 0.00000225. The quantitative estimate of drug-likeness (QED) is 0.440. The van der Waals surface area contributed by atoms with Crippen molar-refractivity contribution in [3.05, 3.63) is 46.8 Å². The van der Waals surface area contributed by atoms with Crippen molar-refractivity contribution < 1.29 is 0 Å². The highest BCUT2D eigenvalue weighted by Crippen LogP contribution is 2.27. The van der Waals surface area contributed by atoms with Crippen molar-refractivity contribution in [1.82, 2.24) is 15.1 Å². The lowest BCUT2D eigenvalue weighted by molar-refractivity contribution is 0.730. The number of hydrogen-bond donors (Lipinski definition) is 1. The summed E-state index contributed by atoms with van der Waals surface area (Å²) in [4.78, 5) is 7.18. The number of nitrogens with one attached hydrogen (secondary N) is 1. The second kappa shape index (κ2) is 8.69. The molecule has 25 heavy (non-hydrogen) atoms. The number of fused-ring (bicyclic) bond motifs is 1. The number of rotatable bonds is 4. The summed E-state index contributed by atoms with van der Waals surface area (Å²) in [6.07, 6.45) is 2.01. The maximum absolute atomic E-state index is 4.88. The van der Waals surface area contributed by atoms with Crippen molar-refractivity contribution in [2.24, 2.45) is 12.0 Å². The maximum Gasteiger partial charge on any atom is 0.198 e. The van der Waals surface area contributed by atoms with Crippen LogP contribution in [0.2, 0.25) is 0 Å². The lowest BCUT2D eigenvalue weighted by Crippen LogP contribution is -2.40. The summed E-state index contributed by atoms with van der Waals surface area (Å²) in [5.74, 6) is 0.988. The molecule has 0 aliphatic carbocycles. The molecule has 0 unspecified atom stereocenters. The molecule has 0 saturated heterocycles. The number of aromatic nitrogens is 2. The van der Waals surface area contributed by atoms with Gasteiger partial charge in [0.25, 0.3) is 0 Å². The van der Waals surface area contributed by atoms with E-state index in [0.717, 1.165) is 44.1 Å². The van der Waals surface area contributed by atoms with Crippen molar-refractivity contribution in [2.45, 2.75) is 33.6 Å². The molecule has 3 rings (SSSR count). The first-order valence-electron chi connectivity index (χ1n) is 8.74. The van der Waals surface area contributed by atoms with Gasteiger partial charge in [0.1, 0.15) is 0 Å². The molecular formula is C19H28IN5. The van der Waals surface area contributed by atoms with Gasteiger partial charge in [-0.15, -0.1) is 24.0 Å². The Hall–Kier alpha value is -1.57. The minimum atomic E-state index is 0. The molecule has 0 atom stereocenters. The molecule has 0 bridgehead atoms. The molecule has 2 aromatic rings. The van der Waals surface area contributed by atoms with Gasteiger partial charge >= 0.3 is 0 Å². The zero-order valence-corrected chi connectivity index (χ0v) is 17.9. The third kappa shape index (κ3) is 4.16. The number of nitrogens with zero attached hydrogens (tertiary/aromatic N) is 4. The molecule has 1 aromatic carbocycles. The number of benzene rings is 1. The van der Waals surface area contributed by atoms with Crippen LogP contribution in [0, 0.1) is 13.8 Å². The van der Waals surface area contributed by atoms with Gasteiger partial charge in [0, 0.05) is 38.1 Å². The van der Waals surface area contributed by atoms with Crippen LogP contribution >= 0.6 is 24.0 Å². The fourth-order valence-corrected chi connectivity index (χ4v) is 3.41. The molecule has 1 N–H and O–H groups in total. The number of hydrogen-bond acceptors (Lipinski definition) is 2. The number of aryl methyl sites for hydroxylation is 2. The standard InChI is InChI=1S/C19H27N5.HI/c1-5-20-19(24-13-11-16-8-6-7-9-18(16)24)21-12-10-17-14(2)22-23(4)15(17)3;/h6-9H,5,10-13H2,1-4H3,(H,20,21);1H. The molecule has 0 fully saturated rings. The summed E-state index contributed by atoms with van der Waals surface area (Å²) in [5, 5.41) is 7.94. The van der Waals surface area contributed by atoms with Gasteiger partial charge < -0.3 is 10.2 Å². The van der Waals surface area contributed by atoms with Gasteiger partial charge in [0.05, 0.1) is 5.69 Å². The van der Waals surface area contributed by atoms with Gasteiger partial charge in [-0.3, -0.25) is 9.67 Å². The monoisotopic (exact) mass is 453 g/mol. The summed E-state index contributed by atoms with van der Waals surface area (Å²) in [6.45, 7) is 8.97. The zero-order valence-electron chi connectivity index (χ0n) is 15.5. The maximum atomic E-state index is 4.88. The Morgan fingerprint density at radius 1 is 1.28 bits per heavy atom. The Kier molecular flexibility index (Phi) is 6.87. The number of para-hydroxylation sites is 1. The van der Waals surface area contributed by atoms with Gasteiger partial charge in [0.2, 0.25) is 0 Å². The summed E-state index contributed by atoms with van der Waals surface area (Å²) in [5.41, 5.74) is 6.35. The van der Waals surface area contributed by atoms with E-state index in [0.29, 0.717) is 0 Å². The fourth-order valence-electron chi connectivity index (χ4n) is 3.41. The van der Waals surface area contributed by atoms with Crippen LogP contribution in [0.3, 0.4) is 0 Å². The molecule has 1 aliphatic heterocycles. The third-order valence-electron chi connectivity index (χ3n) is 4.76. The summed E-state index contributed by atoms with van der Waals surface area (Å²) in [6, 6.07) is 8.61. The van der Waals surface area contributed by atoms with Crippen LogP contribution < -0.4 is 10.2 Å². The number of guanidine groups is 1. The fraction of sp³-hybridized carbons (Fsp3) is 0.474. The molecule has 1 aliphatic rings. The topological polar surface area (TPSA) is 45.5 Å². The zero-order chi connectivity index (χ0) is 17.1. The van der Waals surface area contributed by atoms with Gasteiger partial charge in [0.15, 0.2) is 5.96 Å². The van der Waals surface area contributed by atoms with E-state index in [9.17, 15) is 0 Å². The van der Waals surface area contributed by atoms with Crippen molar-refractivity contribution in [3.63, 3.8) is 0 Å². The van der Waals surface area contributed by atoms with E-state index in [1.54, 1.807) is 0 Å². The lowest BCUT2D eigenvalue weighted by Gasteiger charge is -2.22. The van der Waals surface area contributed by atoms with Crippen LogP contribution in [-0.4, -0.2) is 35.4 Å². The molecule has 2 heterocycles. The number of halogens is 1. The Morgan fingerprint density at radius 2 is 2.04 bits per heavy atom. The Morgan fingerprint density at radius 3 is 2.72 bits per heavy atom.